The molecular weight excluding hydrogens is 244 g/mol. The van der Waals surface area contributed by atoms with Crippen LogP contribution in [0.2, 0.25) is 5.02 Å². The van der Waals surface area contributed by atoms with Gasteiger partial charge in [-0.15, -0.1) is 0 Å². The van der Waals surface area contributed by atoms with Crippen LogP contribution in [-0.2, 0) is 4.79 Å². The van der Waals surface area contributed by atoms with Crippen molar-refractivity contribution in [3.05, 3.63) is 29.3 Å². The highest BCUT2D eigenvalue weighted by Gasteiger charge is 2.05. The number of carbonyl (C=O) groups is 1. The van der Waals surface area contributed by atoms with Crippen molar-refractivity contribution in [2.45, 2.75) is 6.10 Å². The van der Waals surface area contributed by atoms with Crippen molar-refractivity contribution < 1.29 is 14.6 Å². The molecule has 1 aromatic rings. The van der Waals surface area contributed by atoms with Gasteiger partial charge in [0.05, 0.1) is 6.54 Å². The van der Waals surface area contributed by atoms with Gasteiger partial charge in [-0.25, -0.2) is 0 Å². The molecule has 0 aliphatic heterocycles. The fraction of sp³-hybridized carbons (Fsp3) is 0.364. The second kappa shape index (κ2) is 7.11. The highest BCUT2D eigenvalue weighted by molar-refractivity contribution is 6.30. The molecule has 0 aliphatic carbocycles. The summed E-state index contributed by atoms with van der Waals surface area (Å²) in [6, 6.07) is 6.83. The molecule has 1 amide bonds. The molecule has 0 fully saturated rings. The summed E-state index contributed by atoms with van der Waals surface area (Å²) in [5.74, 6) is 0.166. The lowest BCUT2D eigenvalue weighted by Crippen LogP contribution is -2.36. The molecule has 0 bridgehead atoms. The number of benzene rings is 1. The third-order valence-electron chi connectivity index (χ3n) is 1.94. The molecule has 0 aromatic heterocycles. The lowest BCUT2D eigenvalue weighted by Gasteiger charge is -2.12. The van der Waals surface area contributed by atoms with Crippen molar-refractivity contribution in [1.29, 1.82) is 0 Å². The molecule has 0 aliphatic rings. The van der Waals surface area contributed by atoms with E-state index in [1.165, 1.54) is 0 Å². The molecule has 1 rings (SSSR count). The number of hydrogen-bond acceptors (Lipinski definition) is 4. The number of halogens is 1. The summed E-state index contributed by atoms with van der Waals surface area (Å²) < 4.78 is 5.32. The molecule has 5 nitrogen and oxygen atoms in total. The number of hydrogen-bond donors (Lipinski definition) is 3. The SMILES string of the molecule is NC(=O)CNCC(O)COc1ccc(Cl)cc1. The largest absolute Gasteiger partial charge is 0.491 e. The number of rotatable bonds is 7. The third-order valence-corrected chi connectivity index (χ3v) is 2.19. The van der Waals surface area contributed by atoms with Crippen LogP contribution in [0.1, 0.15) is 0 Å². The Balaban J connectivity index is 2.21. The minimum Gasteiger partial charge on any atom is -0.491 e. The summed E-state index contributed by atoms with van der Waals surface area (Å²) in [7, 11) is 0. The van der Waals surface area contributed by atoms with Crippen LogP contribution in [0.25, 0.3) is 0 Å². The van der Waals surface area contributed by atoms with E-state index in [1.54, 1.807) is 24.3 Å². The Morgan fingerprint density at radius 2 is 2.12 bits per heavy atom. The lowest BCUT2D eigenvalue weighted by molar-refractivity contribution is -0.117. The van der Waals surface area contributed by atoms with E-state index in [4.69, 9.17) is 22.1 Å². The van der Waals surface area contributed by atoms with Crippen LogP contribution < -0.4 is 15.8 Å². The average molecular weight is 259 g/mol. The van der Waals surface area contributed by atoms with Gasteiger partial charge in [-0.05, 0) is 24.3 Å². The summed E-state index contributed by atoms with van der Waals surface area (Å²) >= 11 is 5.71. The topological polar surface area (TPSA) is 84.6 Å². The first-order chi connectivity index (χ1) is 8.08. The predicted molar refractivity (Wildman–Crippen MR) is 65.0 cm³/mol. The fourth-order valence-electron chi connectivity index (χ4n) is 1.14. The molecule has 0 saturated carbocycles. The highest BCUT2D eigenvalue weighted by atomic mass is 35.5. The summed E-state index contributed by atoms with van der Waals surface area (Å²) in [6.07, 6.45) is -0.704. The number of nitrogens with two attached hydrogens (primary N) is 1. The number of ether oxygens (including phenoxy) is 1. The number of primary amides is 1. The molecule has 1 atom stereocenters. The molecule has 1 unspecified atom stereocenters. The van der Waals surface area contributed by atoms with E-state index in [0.717, 1.165) is 0 Å². The summed E-state index contributed by atoms with van der Waals surface area (Å²) in [5.41, 5.74) is 4.93. The zero-order valence-corrected chi connectivity index (χ0v) is 9.98. The molecular formula is C11H15ClN2O3. The standard InChI is InChI=1S/C11H15ClN2O3/c12-8-1-3-10(4-2-8)17-7-9(15)5-14-6-11(13)16/h1-4,9,14-15H,5-7H2,(H2,13,16). The zero-order chi connectivity index (χ0) is 12.7. The first-order valence-corrected chi connectivity index (χ1v) is 5.51. The van der Waals surface area contributed by atoms with Crippen molar-refractivity contribution in [1.82, 2.24) is 5.32 Å². The molecule has 0 saturated heterocycles. The Morgan fingerprint density at radius 1 is 1.47 bits per heavy atom. The number of nitrogens with one attached hydrogen (secondary N) is 1. The fourth-order valence-corrected chi connectivity index (χ4v) is 1.27. The Bertz CT molecular complexity index is 356. The summed E-state index contributed by atoms with van der Waals surface area (Å²) in [6.45, 7) is 0.419. The molecule has 6 heteroatoms. The van der Waals surface area contributed by atoms with Gasteiger partial charge in [0.25, 0.3) is 0 Å². The minimum atomic E-state index is -0.704. The molecule has 0 spiro atoms. The second-order valence-corrected chi connectivity index (χ2v) is 3.95. The summed E-state index contributed by atoms with van der Waals surface area (Å²) in [5, 5.41) is 12.8. The minimum absolute atomic E-state index is 0.0397. The first kappa shape index (κ1) is 13.8. The van der Waals surface area contributed by atoms with Gasteiger partial charge in [0.1, 0.15) is 18.5 Å². The van der Waals surface area contributed by atoms with E-state index in [0.29, 0.717) is 10.8 Å². The first-order valence-electron chi connectivity index (χ1n) is 5.13. The number of aliphatic hydroxyl groups excluding tert-OH is 1. The lowest BCUT2D eigenvalue weighted by atomic mass is 10.3. The Hall–Kier alpha value is -1.30. The average Bonchev–Trinajstić information content (AvgIpc) is 2.28. The van der Waals surface area contributed by atoms with Gasteiger partial charge in [0.2, 0.25) is 5.91 Å². The smallest absolute Gasteiger partial charge is 0.231 e. The van der Waals surface area contributed by atoms with Crippen molar-refractivity contribution >= 4 is 17.5 Å². The maximum Gasteiger partial charge on any atom is 0.231 e. The van der Waals surface area contributed by atoms with Crippen molar-refractivity contribution in [3.63, 3.8) is 0 Å². The molecule has 0 heterocycles. The summed E-state index contributed by atoms with van der Waals surface area (Å²) in [4.78, 5) is 10.4. The van der Waals surface area contributed by atoms with Gasteiger partial charge in [0, 0.05) is 11.6 Å². The number of aliphatic hydroxyl groups is 1. The van der Waals surface area contributed by atoms with Gasteiger partial charge >= 0.3 is 0 Å². The van der Waals surface area contributed by atoms with Crippen LogP contribution in [0, 0.1) is 0 Å². The highest BCUT2D eigenvalue weighted by Crippen LogP contribution is 2.15. The maximum absolute atomic E-state index is 10.4. The predicted octanol–water partition coefficient (Wildman–Crippen LogP) is 0.155. The molecule has 1 aromatic carbocycles. The molecule has 94 valence electrons. The van der Waals surface area contributed by atoms with Crippen molar-refractivity contribution in [3.8, 4) is 5.75 Å². The molecule has 0 radical (unpaired) electrons. The number of amides is 1. The van der Waals surface area contributed by atoms with Gasteiger partial charge < -0.3 is 20.9 Å². The van der Waals surface area contributed by atoms with Crippen molar-refractivity contribution in [2.24, 2.45) is 5.73 Å². The van der Waals surface area contributed by atoms with E-state index in [2.05, 4.69) is 5.32 Å². The molecule has 4 N–H and O–H groups in total. The van der Waals surface area contributed by atoms with E-state index in [1.807, 2.05) is 0 Å². The van der Waals surface area contributed by atoms with Gasteiger partial charge in [0.15, 0.2) is 0 Å². The van der Waals surface area contributed by atoms with E-state index in [9.17, 15) is 9.90 Å². The Morgan fingerprint density at radius 3 is 2.71 bits per heavy atom. The second-order valence-electron chi connectivity index (χ2n) is 3.52. The number of carbonyl (C=O) groups excluding carboxylic acids is 1. The van der Waals surface area contributed by atoms with Gasteiger partial charge in [-0.3, -0.25) is 4.79 Å². The van der Waals surface area contributed by atoms with E-state index in [-0.39, 0.29) is 19.7 Å². The van der Waals surface area contributed by atoms with Gasteiger partial charge in [-0.1, -0.05) is 11.6 Å². The van der Waals surface area contributed by atoms with E-state index < -0.39 is 12.0 Å². The van der Waals surface area contributed by atoms with E-state index >= 15 is 0 Å². The van der Waals surface area contributed by atoms with Gasteiger partial charge in [-0.2, -0.15) is 0 Å². The zero-order valence-electron chi connectivity index (χ0n) is 9.23. The van der Waals surface area contributed by atoms with Crippen LogP contribution in [0.4, 0.5) is 0 Å². The van der Waals surface area contributed by atoms with Crippen LogP contribution in [-0.4, -0.2) is 36.8 Å². The maximum atomic E-state index is 10.4. The van der Waals surface area contributed by atoms with Crippen LogP contribution in [0.15, 0.2) is 24.3 Å². The normalized spacial score (nSPS) is 12.1. The van der Waals surface area contributed by atoms with Crippen LogP contribution in [0.5, 0.6) is 5.75 Å². The van der Waals surface area contributed by atoms with Crippen LogP contribution >= 0.6 is 11.6 Å². The van der Waals surface area contributed by atoms with Crippen LogP contribution in [0.3, 0.4) is 0 Å². The molecule has 17 heavy (non-hydrogen) atoms. The Labute approximate surface area is 105 Å². The van der Waals surface area contributed by atoms with Crippen molar-refractivity contribution in [2.75, 3.05) is 19.7 Å². The monoisotopic (exact) mass is 258 g/mol. The third kappa shape index (κ3) is 6.11. The quantitative estimate of drug-likeness (QED) is 0.650. The Kier molecular flexibility index (Phi) is 5.76.